The molecule has 2 rings (SSSR count). The summed E-state index contributed by atoms with van der Waals surface area (Å²) in [6.07, 6.45) is 0.209. The van der Waals surface area contributed by atoms with Gasteiger partial charge in [0.25, 0.3) is 0 Å². The molecule has 1 saturated heterocycles. The van der Waals surface area contributed by atoms with Gasteiger partial charge in [-0.15, -0.1) is 0 Å². The highest BCUT2D eigenvalue weighted by atomic mass is 19.4. The summed E-state index contributed by atoms with van der Waals surface area (Å²) >= 11 is 0. The van der Waals surface area contributed by atoms with Crippen LogP contribution in [0.15, 0.2) is 18.3 Å². The van der Waals surface area contributed by atoms with E-state index in [9.17, 15) is 18.0 Å². The molecule has 4 nitrogen and oxygen atoms in total. The zero-order valence-electron chi connectivity index (χ0n) is 14.9. The lowest BCUT2D eigenvalue weighted by Gasteiger charge is -2.36. The number of alkyl halides is 3. The number of ether oxygens (including phenoxy) is 1. The van der Waals surface area contributed by atoms with E-state index in [0.717, 1.165) is 31.5 Å². The van der Waals surface area contributed by atoms with Crippen LogP contribution in [0.25, 0.3) is 0 Å². The summed E-state index contributed by atoms with van der Waals surface area (Å²) in [5.41, 5.74) is -0.694. The molecule has 1 aromatic heterocycles. The van der Waals surface area contributed by atoms with Crippen molar-refractivity contribution in [3.63, 3.8) is 0 Å². The van der Waals surface area contributed by atoms with Crippen LogP contribution in [-0.2, 0) is 17.3 Å². The summed E-state index contributed by atoms with van der Waals surface area (Å²) < 4.78 is 43.2. The number of aryl methyl sites for hydroxylation is 1. The van der Waals surface area contributed by atoms with Crippen molar-refractivity contribution in [3.05, 3.63) is 29.6 Å². The van der Waals surface area contributed by atoms with E-state index in [1.807, 2.05) is 20.8 Å². The number of rotatable bonds is 3. The van der Waals surface area contributed by atoms with Gasteiger partial charge in [-0.2, -0.15) is 13.2 Å². The maximum atomic E-state index is 12.6. The van der Waals surface area contributed by atoms with Crippen LogP contribution in [0.4, 0.5) is 18.0 Å². The van der Waals surface area contributed by atoms with Crippen molar-refractivity contribution in [1.29, 1.82) is 0 Å². The van der Waals surface area contributed by atoms with E-state index in [0.29, 0.717) is 25.1 Å². The normalized spacial score (nSPS) is 19.0. The molecule has 140 valence electrons. The Bertz CT molecular complexity index is 579. The quantitative estimate of drug-likeness (QED) is 0.778. The van der Waals surface area contributed by atoms with Gasteiger partial charge in [0.05, 0.1) is 5.56 Å². The second-order valence-electron chi connectivity index (χ2n) is 7.40. The minimum absolute atomic E-state index is 0.0349. The Kier molecular flexibility index (Phi) is 5.95. The number of hydrogen-bond acceptors (Lipinski definition) is 3. The Balaban J connectivity index is 1.96. The molecule has 1 aromatic rings. The highest BCUT2D eigenvalue weighted by Crippen LogP contribution is 2.29. The number of aromatic nitrogens is 1. The molecule has 0 N–H and O–H groups in total. The molecule has 7 heteroatoms. The molecular formula is C18H25F3N2O2. The van der Waals surface area contributed by atoms with Gasteiger partial charge in [0.2, 0.25) is 0 Å². The topological polar surface area (TPSA) is 42.4 Å². The van der Waals surface area contributed by atoms with Crippen LogP contribution in [0.1, 0.15) is 57.7 Å². The molecule has 1 amide bonds. The van der Waals surface area contributed by atoms with Crippen LogP contribution in [0.3, 0.4) is 0 Å². The van der Waals surface area contributed by atoms with Crippen molar-refractivity contribution in [2.45, 2.75) is 70.7 Å². The highest BCUT2D eigenvalue weighted by Gasteiger charge is 2.32. The minimum atomic E-state index is -4.37. The smallest absolute Gasteiger partial charge is 0.417 e. The highest BCUT2D eigenvalue weighted by molar-refractivity contribution is 5.68. The van der Waals surface area contributed by atoms with Gasteiger partial charge in [0, 0.05) is 24.5 Å². The van der Waals surface area contributed by atoms with Crippen molar-refractivity contribution in [2.24, 2.45) is 0 Å². The number of pyridine rings is 1. The zero-order chi connectivity index (χ0) is 18.7. The van der Waals surface area contributed by atoms with Gasteiger partial charge in [-0.1, -0.05) is 0 Å². The van der Waals surface area contributed by atoms with Gasteiger partial charge in [-0.3, -0.25) is 4.98 Å². The fraction of sp³-hybridized carbons (Fsp3) is 0.667. The number of carbonyl (C=O) groups excluding carboxylic acids is 1. The molecule has 0 spiro atoms. The zero-order valence-corrected chi connectivity index (χ0v) is 14.9. The largest absolute Gasteiger partial charge is 0.444 e. The molecule has 1 aliphatic heterocycles. The third-order valence-corrected chi connectivity index (χ3v) is 4.14. The van der Waals surface area contributed by atoms with Gasteiger partial charge < -0.3 is 9.64 Å². The van der Waals surface area contributed by atoms with Crippen molar-refractivity contribution in [2.75, 3.05) is 6.54 Å². The minimum Gasteiger partial charge on any atom is -0.444 e. The van der Waals surface area contributed by atoms with E-state index in [1.165, 1.54) is 6.07 Å². The molecule has 1 atom stereocenters. The van der Waals surface area contributed by atoms with Gasteiger partial charge >= 0.3 is 12.3 Å². The van der Waals surface area contributed by atoms with E-state index < -0.39 is 17.3 Å². The molecule has 0 bridgehead atoms. The van der Waals surface area contributed by atoms with Crippen molar-refractivity contribution >= 4 is 6.09 Å². The van der Waals surface area contributed by atoms with Gasteiger partial charge in [-0.25, -0.2) is 4.79 Å². The number of likely N-dealkylation sites (tertiary alicyclic amines) is 1. The molecule has 0 aliphatic carbocycles. The number of amides is 1. The maximum Gasteiger partial charge on any atom is 0.417 e. The Labute approximate surface area is 146 Å². The summed E-state index contributed by atoms with van der Waals surface area (Å²) in [6.45, 7) is 6.14. The van der Waals surface area contributed by atoms with Gasteiger partial charge in [0.15, 0.2) is 0 Å². The summed E-state index contributed by atoms with van der Waals surface area (Å²) in [7, 11) is 0. The lowest BCUT2D eigenvalue weighted by atomic mass is 9.97. The van der Waals surface area contributed by atoms with Crippen LogP contribution < -0.4 is 0 Å². The van der Waals surface area contributed by atoms with Crippen LogP contribution in [0.2, 0.25) is 0 Å². The standard InChI is InChI=1S/C18H25F3N2O2/c1-17(2,3)25-16(24)23-11-5-4-6-15(23)10-9-14-8-7-13(12-22-14)18(19,20)21/h7-8,12,15H,4-6,9-11H2,1-3H3. The van der Waals surface area contributed by atoms with Crippen molar-refractivity contribution in [1.82, 2.24) is 9.88 Å². The monoisotopic (exact) mass is 358 g/mol. The number of nitrogens with zero attached hydrogens (tertiary/aromatic N) is 2. The third-order valence-electron chi connectivity index (χ3n) is 4.14. The molecule has 25 heavy (non-hydrogen) atoms. The van der Waals surface area contributed by atoms with E-state index in [4.69, 9.17) is 4.74 Å². The molecular weight excluding hydrogens is 333 g/mol. The molecule has 0 saturated carbocycles. The van der Waals surface area contributed by atoms with Crippen LogP contribution >= 0.6 is 0 Å². The average Bonchev–Trinajstić information content (AvgIpc) is 2.51. The fourth-order valence-corrected chi connectivity index (χ4v) is 2.92. The second-order valence-corrected chi connectivity index (χ2v) is 7.40. The van der Waals surface area contributed by atoms with Crippen LogP contribution in [0.5, 0.6) is 0 Å². The van der Waals surface area contributed by atoms with E-state index in [-0.39, 0.29) is 12.1 Å². The fourth-order valence-electron chi connectivity index (χ4n) is 2.92. The first-order chi connectivity index (χ1) is 11.6. The van der Waals surface area contributed by atoms with Crippen LogP contribution in [0, 0.1) is 0 Å². The molecule has 0 aromatic carbocycles. The number of halogens is 3. The van der Waals surface area contributed by atoms with Crippen molar-refractivity contribution in [3.8, 4) is 0 Å². The molecule has 1 aliphatic rings. The Hall–Kier alpha value is -1.79. The third kappa shape index (κ3) is 5.90. The molecule has 2 heterocycles. The lowest BCUT2D eigenvalue weighted by Crippen LogP contribution is -2.46. The van der Waals surface area contributed by atoms with E-state index in [1.54, 1.807) is 4.90 Å². The summed E-state index contributed by atoms with van der Waals surface area (Å²) in [5, 5.41) is 0. The maximum absolute atomic E-state index is 12.6. The Morgan fingerprint density at radius 3 is 2.56 bits per heavy atom. The van der Waals surface area contributed by atoms with Gasteiger partial charge in [-0.05, 0) is 65.0 Å². The predicted molar refractivity (Wildman–Crippen MR) is 88.1 cm³/mol. The molecule has 1 unspecified atom stereocenters. The molecule has 1 fully saturated rings. The molecule has 0 radical (unpaired) electrons. The van der Waals surface area contributed by atoms with E-state index >= 15 is 0 Å². The summed E-state index contributed by atoms with van der Waals surface area (Å²) in [4.78, 5) is 18.0. The lowest BCUT2D eigenvalue weighted by molar-refractivity contribution is -0.137. The Morgan fingerprint density at radius 2 is 2.00 bits per heavy atom. The first-order valence-corrected chi connectivity index (χ1v) is 8.58. The number of piperidine rings is 1. The average molecular weight is 358 g/mol. The Morgan fingerprint density at radius 1 is 1.28 bits per heavy atom. The number of carbonyl (C=O) groups is 1. The summed E-state index contributed by atoms with van der Waals surface area (Å²) in [5.74, 6) is 0. The number of hydrogen-bond donors (Lipinski definition) is 0. The predicted octanol–water partition coefficient (Wildman–Crippen LogP) is 4.82. The SMILES string of the molecule is CC(C)(C)OC(=O)N1CCCCC1CCc1ccc(C(F)(F)F)cn1. The van der Waals surface area contributed by atoms with E-state index in [2.05, 4.69) is 4.98 Å². The second kappa shape index (κ2) is 7.62. The summed E-state index contributed by atoms with van der Waals surface area (Å²) in [6, 6.07) is 2.49. The first-order valence-electron chi connectivity index (χ1n) is 8.58. The first kappa shape index (κ1) is 19.5. The van der Waals surface area contributed by atoms with Crippen LogP contribution in [-0.4, -0.2) is 34.2 Å². The van der Waals surface area contributed by atoms with Crippen molar-refractivity contribution < 1.29 is 22.7 Å². The van der Waals surface area contributed by atoms with Gasteiger partial charge in [0.1, 0.15) is 5.60 Å².